The molecule has 0 spiro atoms. The maximum atomic E-state index is 13.0. The molecule has 1 aromatic carbocycles. The maximum Gasteiger partial charge on any atom is 0.223 e. The van der Waals surface area contributed by atoms with Gasteiger partial charge in [0, 0.05) is 50.8 Å². The van der Waals surface area contributed by atoms with Crippen molar-refractivity contribution in [2.24, 2.45) is 0 Å². The Morgan fingerprint density at radius 2 is 2.00 bits per heavy atom. The summed E-state index contributed by atoms with van der Waals surface area (Å²) >= 11 is 5.70. The molecule has 3 rings (SSSR count). The van der Waals surface area contributed by atoms with Gasteiger partial charge in [-0.1, -0.05) is 16.8 Å². The molecule has 24 heavy (non-hydrogen) atoms. The van der Waals surface area contributed by atoms with Crippen LogP contribution < -0.4 is 4.90 Å². The molecule has 0 aliphatic carbocycles. The van der Waals surface area contributed by atoms with Crippen LogP contribution in [0.25, 0.3) is 0 Å². The van der Waals surface area contributed by atoms with Crippen LogP contribution in [-0.2, 0) is 11.2 Å². The van der Waals surface area contributed by atoms with E-state index in [2.05, 4.69) is 10.1 Å². The molecule has 1 aliphatic heterocycles. The average molecular weight is 352 g/mol. The zero-order chi connectivity index (χ0) is 16.9. The lowest BCUT2D eigenvalue weighted by molar-refractivity contribution is -0.131. The van der Waals surface area contributed by atoms with Gasteiger partial charge in [-0.25, -0.2) is 4.39 Å². The predicted octanol–water partition coefficient (Wildman–Crippen LogP) is 3.14. The lowest BCUT2D eigenvalue weighted by Gasteiger charge is -2.23. The molecule has 1 aromatic heterocycles. The second-order valence-corrected chi connectivity index (χ2v) is 6.20. The van der Waals surface area contributed by atoms with Crippen molar-refractivity contribution < 1.29 is 13.7 Å². The van der Waals surface area contributed by atoms with E-state index in [0.717, 1.165) is 31.7 Å². The molecule has 0 saturated carbocycles. The smallest absolute Gasteiger partial charge is 0.223 e. The summed E-state index contributed by atoms with van der Waals surface area (Å²) in [6.45, 7) is 2.99. The van der Waals surface area contributed by atoms with Gasteiger partial charge >= 0.3 is 0 Å². The van der Waals surface area contributed by atoms with Crippen LogP contribution >= 0.6 is 11.6 Å². The minimum atomic E-state index is -0.238. The fourth-order valence-corrected chi connectivity index (χ4v) is 3.03. The normalized spacial score (nSPS) is 15.4. The Labute approximate surface area is 145 Å². The summed E-state index contributed by atoms with van der Waals surface area (Å²) in [7, 11) is 0. The van der Waals surface area contributed by atoms with Gasteiger partial charge in [-0.05, 0) is 30.7 Å². The molecule has 128 valence electrons. The van der Waals surface area contributed by atoms with Crippen molar-refractivity contribution in [1.29, 1.82) is 0 Å². The Bertz CT molecular complexity index is 689. The summed E-state index contributed by atoms with van der Waals surface area (Å²) in [5.41, 5.74) is 0.988. The van der Waals surface area contributed by atoms with E-state index < -0.39 is 0 Å². The number of rotatable bonds is 4. The minimum Gasteiger partial charge on any atom is -0.370 e. The van der Waals surface area contributed by atoms with Gasteiger partial charge in [0.05, 0.1) is 0 Å². The van der Waals surface area contributed by atoms with Crippen molar-refractivity contribution in [2.45, 2.75) is 19.3 Å². The molecular formula is C17H19ClFN3O2. The molecule has 7 heteroatoms. The summed E-state index contributed by atoms with van der Waals surface area (Å²) in [6, 6.07) is 8.12. The Morgan fingerprint density at radius 3 is 2.71 bits per heavy atom. The second-order valence-electron chi connectivity index (χ2n) is 5.81. The van der Waals surface area contributed by atoms with Crippen molar-refractivity contribution in [3.05, 3.63) is 47.1 Å². The van der Waals surface area contributed by atoms with Crippen molar-refractivity contribution in [3.8, 4) is 0 Å². The molecule has 0 bridgehead atoms. The fourth-order valence-electron chi connectivity index (χ4n) is 2.87. The summed E-state index contributed by atoms with van der Waals surface area (Å²) in [5.74, 6) is 0.484. The van der Waals surface area contributed by atoms with E-state index in [0.29, 0.717) is 30.3 Å². The van der Waals surface area contributed by atoms with Crippen LogP contribution in [0.4, 0.5) is 10.1 Å². The molecule has 0 unspecified atom stereocenters. The number of amides is 1. The van der Waals surface area contributed by atoms with E-state index in [1.54, 1.807) is 18.2 Å². The van der Waals surface area contributed by atoms with Crippen molar-refractivity contribution in [1.82, 2.24) is 10.1 Å². The number of anilines is 1. The molecule has 2 aromatic rings. The fraction of sp³-hybridized carbons (Fsp3) is 0.412. The van der Waals surface area contributed by atoms with Gasteiger partial charge in [-0.15, -0.1) is 0 Å². The van der Waals surface area contributed by atoms with E-state index in [1.807, 2.05) is 4.90 Å². The first-order chi connectivity index (χ1) is 11.6. The number of hydrogen-bond acceptors (Lipinski definition) is 4. The Hall–Kier alpha value is -2.08. The third-order valence-corrected chi connectivity index (χ3v) is 4.33. The third-order valence-electron chi connectivity index (χ3n) is 4.16. The summed E-state index contributed by atoms with van der Waals surface area (Å²) < 4.78 is 18.1. The highest BCUT2D eigenvalue weighted by atomic mass is 35.5. The van der Waals surface area contributed by atoms with E-state index in [9.17, 15) is 9.18 Å². The Morgan fingerprint density at radius 1 is 1.21 bits per heavy atom. The van der Waals surface area contributed by atoms with Gasteiger partial charge in [0.25, 0.3) is 0 Å². The van der Waals surface area contributed by atoms with Crippen molar-refractivity contribution >= 4 is 23.2 Å². The summed E-state index contributed by atoms with van der Waals surface area (Å²) in [5, 5.41) is 3.91. The van der Waals surface area contributed by atoms with Crippen LogP contribution in [0.15, 0.2) is 34.9 Å². The quantitative estimate of drug-likeness (QED) is 0.849. The van der Waals surface area contributed by atoms with Crippen LogP contribution in [0, 0.1) is 5.82 Å². The number of benzene rings is 1. The largest absolute Gasteiger partial charge is 0.370 e. The zero-order valence-electron chi connectivity index (χ0n) is 13.3. The lowest BCUT2D eigenvalue weighted by atomic mass is 10.2. The first-order valence-corrected chi connectivity index (χ1v) is 8.39. The van der Waals surface area contributed by atoms with Crippen LogP contribution in [0.3, 0.4) is 0 Å². The summed E-state index contributed by atoms with van der Waals surface area (Å²) in [6.07, 6.45) is 1.76. The SMILES string of the molecule is O=C(CCc1cc(Cl)no1)N1CCCN(c2ccc(F)cc2)CC1. The van der Waals surface area contributed by atoms with Crippen molar-refractivity contribution in [2.75, 3.05) is 31.1 Å². The van der Waals surface area contributed by atoms with Gasteiger partial charge in [-0.2, -0.15) is 0 Å². The van der Waals surface area contributed by atoms with E-state index >= 15 is 0 Å². The molecule has 0 radical (unpaired) electrons. The number of aryl methyl sites for hydroxylation is 1. The zero-order valence-corrected chi connectivity index (χ0v) is 14.0. The molecule has 1 amide bonds. The molecule has 1 fully saturated rings. The number of carbonyl (C=O) groups excluding carboxylic acids is 1. The number of halogens is 2. The topological polar surface area (TPSA) is 49.6 Å². The molecule has 0 atom stereocenters. The van der Waals surface area contributed by atoms with Crippen LogP contribution in [-0.4, -0.2) is 42.1 Å². The highest BCUT2D eigenvalue weighted by Gasteiger charge is 2.19. The standard InChI is InChI=1S/C17H19ClFN3O2/c18-16-12-15(24-20-16)6-7-17(23)22-9-1-8-21(10-11-22)14-4-2-13(19)3-5-14/h2-5,12H,1,6-11H2. The molecular weight excluding hydrogens is 333 g/mol. The van der Waals surface area contributed by atoms with Crippen molar-refractivity contribution in [3.63, 3.8) is 0 Å². The number of aromatic nitrogens is 1. The molecule has 5 nitrogen and oxygen atoms in total. The number of hydrogen-bond donors (Lipinski definition) is 0. The minimum absolute atomic E-state index is 0.100. The number of nitrogens with zero attached hydrogens (tertiary/aromatic N) is 3. The van der Waals surface area contributed by atoms with Gasteiger partial charge in [0.15, 0.2) is 5.15 Å². The predicted molar refractivity (Wildman–Crippen MR) is 89.6 cm³/mol. The van der Waals surface area contributed by atoms with Gasteiger partial charge in [0.2, 0.25) is 5.91 Å². The van der Waals surface area contributed by atoms with Crippen LogP contribution in [0.5, 0.6) is 0 Å². The molecule has 1 aliphatic rings. The van der Waals surface area contributed by atoms with Gasteiger partial charge in [0.1, 0.15) is 11.6 Å². The molecule has 2 heterocycles. The highest BCUT2D eigenvalue weighted by Crippen LogP contribution is 2.18. The Kier molecular flexibility index (Phi) is 5.35. The average Bonchev–Trinajstić information content (AvgIpc) is 2.84. The number of carbonyl (C=O) groups is 1. The third kappa shape index (κ3) is 4.26. The van der Waals surface area contributed by atoms with E-state index in [-0.39, 0.29) is 11.7 Å². The maximum absolute atomic E-state index is 13.0. The highest BCUT2D eigenvalue weighted by molar-refractivity contribution is 6.29. The second kappa shape index (κ2) is 7.66. The monoisotopic (exact) mass is 351 g/mol. The van der Waals surface area contributed by atoms with Crippen LogP contribution in [0.2, 0.25) is 5.15 Å². The van der Waals surface area contributed by atoms with Gasteiger partial charge < -0.3 is 14.3 Å². The van der Waals surface area contributed by atoms with Gasteiger partial charge in [-0.3, -0.25) is 4.79 Å². The first kappa shape index (κ1) is 16.8. The molecule has 1 saturated heterocycles. The van der Waals surface area contributed by atoms with E-state index in [4.69, 9.17) is 16.1 Å². The first-order valence-electron chi connectivity index (χ1n) is 8.01. The lowest BCUT2D eigenvalue weighted by Crippen LogP contribution is -2.35. The Balaban J connectivity index is 1.52. The molecule has 0 N–H and O–H groups in total. The summed E-state index contributed by atoms with van der Waals surface area (Å²) in [4.78, 5) is 16.4. The van der Waals surface area contributed by atoms with E-state index in [1.165, 1.54) is 12.1 Å². The van der Waals surface area contributed by atoms with Crippen LogP contribution in [0.1, 0.15) is 18.6 Å².